The molecule has 1 spiro atoms. The van der Waals surface area contributed by atoms with Crippen LogP contribution in [0.2, 0.25) is 5.02 Å². The third kappa shape index (κ3) is 3.42. The molecule has 23 heavy (non-hydrogen) atoms. The number of hydrogen-bond acceptors (Lipinski definition) is 4. The molecule has 0 aromatic heterocycles. The zero-order chi connectivity index (χ0) is 16.7. The van der Waals surface area contributed by atoms with Gasteiger partial charge in [0.25, 0.3) is 0 Å². The molecule has 0 amide bonds. The molecule has 1 aromatic rings. The molecule has 2 heterocycles. The van der Waals surface area contributed by atoms with Crippen LogP contribution in [0.5, 0.6) is 0 Å². The SMILES string of the molecule is CN(C)C[C@H]1CCC2(CN(S(=O)(=O)c3ccccc3Cl)C2)OC1. The summed E-state index contributed by atoms with van der Waals surface area (Å²) in [6.45, 7) is 2.57. The number of nitrogens with zero attached hydrogens (tertiary/aromatic N) is 2. The lowest BCUT2D eigenvalue weighted by Gasteiger charge is -2.52. The monoisotopic (exact) mass is 358 g/mol. The van der Waals surface area contributed by atoms with Gasteiger partial charge in [0.2, 0.25) is 10.0 Å². The van der Waals surface area contributed by atoms with Gasteiger partial charge in [0, 0.05) is 19.6 Å². The van der Waals surface area contributed by atoms with Crippen molar-refractivity contribution in [2.45, 2.75) is 23.3 Å². The van der Waals surface area contributed by atoms with E-state index in [4.69, 9.17) is 16.3 Å². The second kappa shape index (κ2) is 6.33. The Labute approximate surface area is 143 Å². The van der Waals surface area contributed by atoms with E-state index in [1.54, 1.807) is 24.3 Å². The van der Waals surface area contributed by atoms with Crippen LogP contribution in [0, 0.1) is 5.92 Å². The molecule has 128 valence electrons. The molecule has 0 aliphatic carbocycles. The summed E-state index contributed by atoms with van der Waals surface area (Å²) in [6, 6.07) is 6.58. The molecule has 2 aliphatic rings. The maximum Gasteiger partial charge on any atom is 0.244 e. The summed E-state index contributed by atoms with van der Waals surface area (Å²) in [7, 11) is 0.595. The molecule has 0 unspecified atom stereocenters. The fourth-order valence-corrected chi connectivity index (χ4v) is 5.47. The molecule has 1 aromatic carbocycles. The van der Waals surface area contributed by atoms with Crippen molar-refractivity contribution in [3.8, 4) is 0 Å². The zero-order valence-corrected chi connectivity index (χ0v) is 15.1. The van der Waals surface area contributed by atoms with Crippen LogP contribution < -0.4 is 0 Å². The van der Waals surface area contributed by atoms with Crippen molar-refractivity contribution in [3.05, 3.63) is 29.3 Å². The van der Waals surface area contributed by atoms with E-state index in [0.29, 0.717) is 25.6 Å². The maximum atomic E-state index is 12.7. The van der Waals surface area contributed by atoms with E-state index in [0.717, 1.165) is 19.4 Å². The van der Waals surface area contributed by atoms with E-state index in [1.165, 1.54) is 4.31 Å². The van der Waals surface area contributed by atoms with Crippen molar-refractivity contribution in [2.75, 3.05) is 40.3 Å². The van der Waals surface area contributed by atoms with Crippen LogP contribution in [0.25, 0.3) is 0 Å². The number of halogens is 1. The first-order valence-electron chi connectivity index (χ1n) is 7.86. The lowest BCUT2D eigenvalue weighted by Crippen LogP contribution is -2.66. The molecule has 0 saturated carbocycles. The third-order valence-electron chi connectivity index (χ3n) is 4.64. The van der Waals surface area contributed by atoms with E-state index in [-0.39, 0.29) is 15.5 Å². The molecule has 1 atom stereocenters. The molecule has 3 rings (SSSR count). The fraction of sp³-hybridized carbons (Fsp3) is 0.625. The van der Waals surface area contributed by atoms with Gasteiger partial charge < -0.3 is 9.64 Å². The minimum absolute atomic E-state index is 0.179. The summed E-state index contributed by atoms with van der Waals surface area (Å²) in [6.07, 6.45) is 2.00. The van der Waals surface area contributed by atoms with Crippen LogP contribution in [0.15, 0.2) is 29.2 Å². The highest BCUT2D eigenvalue weighted by atomic mass is 35.5. The molecule has 2 fully saturated rings. The molecule has 5 nitrogen and oxygen atoms in total. The minimum atomic E-state index is -3.53. The first-order chi connectivity index (χ1) is 10.8. The number of ether oxygens (including phenoxy) is 1. The van der Waals surface area contributed by atoms with Crippen molar-refractivity contribution >= 4 is 21.6 Å². The van der Waals surface area contributed by atoms with Crippen LogP contribution >= 0.6 is 11.6 Å². The lowest BCUT2D eigenvalue weighted by atomic mass is 9.84. The topological polar surface area (TPSA) is 49.9 Å². The van der Waals surface area contributed by atoms with Crippen molar-refractivity contribution < 1.29 is 13.2 Å². The lowest BCUT2D eigenvalue weighted by molar-refractivity contribution is -0.158. The fourth-order valence-electron chi connectivity index (χ4n) is 3.39. The van der Waals surface area contributed by atoms with Gasteiger partial charge in [-0.05, 0) is 45.0 Å². The first-order valence-corrected chi connectivity index (χ1v) is 9.68. The molecule has 2 saturated heterocycles. The summed E-state index contributed by atoms with van der Waals surface area (Å²) >= 11 is 6.04. The molecular weight excluding hydrogens is 336 g/mol. The van der Waals surface area contributed by atoms with E-state index in [1.807, 2.05) is 0 Å². The number of sulfonamides is 1. The van der Waals surface area contributed by atoms with Crippen LogP contribution in [0.3, 0.4) is 0 Å². The van der Waals surface area contributed by atoms with Gasteiger partial charge in [-0.25, -0.2) is 8.42 Å². The number of benzene rings is 1. The van der Waals surface area contributed by atoms with Crippen LogP contribution in [-0.4, -0.2) is 63.6 Å². The Bertz CT molecular complexity index is 662. The average Bonchev–Trinajstić information content (AvgIpc) is 2.45. The van der Waals surface area contributed by atoms with Crippen molar-refractivity contribution in [1.82, 2.24) is 9.21 Å². The summed E-state index contributed by atoms with van der Waals surface area (Å²) in [5, 5.41) is 0.268. The minimum Gasteiger partial charge on any atom is -0.372 e. The summed E-state index contributed by atoms with van der Waals surface area (Å²) in [5.74, 6) is 0.532. The van der Waals surface area contributed by atoms with E-state index in [9.17, 15) is 8.42 Å². The maximum absolute atomic E-state index is 12.7. The van der Waals surface area contributed by atoms with Gasteiger partial charge in [-0.1, -0.05) is 23.7 Å². The molecular formula is C16H23ClN2O3S. The smallest absolute Gasteiger partial charge is 0.244 e. The Balaban J connectivity index is 1.62. The van der Waals surface area contributed by atoms with Crippen LogP contribution in [-0.2, 0) is 14.8 Å². The van der Waals surface area contributed by atoms with Gasteiger partial charge in [-0.2, -0.15) is 4.31 Å². The average molecular weight is 359 g/mol. The largest absolute Gasteiger partial charge is 0.372 e. The van der Waals surface area contributed by atoms with Gasteiger partial charge in [0.15, 0.2) is 0 Å². The Morgan fingerprint density at radius 2 is 2.04 bits per heavy atom. The molecule has 7 heteroatoms. The van der Waals surface area contributed by atoms with E-state index < -0.39 is 10.0 Å². The van der Waals surface area contributed by atoms with E-state index in [2.05, 4.69) is 19.0 Å². The highest BCUT2D eigenvalue weighted by Gasteiger charge is 2.51. The second-order valence-corrected chi connectivity index (χ2v) is 9.18. The molecule has 2 aliphatic heterocycles. The Morgan fingerprint density at radius 1 is 1.35 bits per heavy atom. The summed E-state index contributed by atoms with van der Waals surface area (Å²) in [4.78, 5) is 2.35. The zero-order valence-electron chi connectivity index (χ0n) is 13.5. The Hall–Kier alpha value is -0.660. The number of rotatable bonds is 4. The van der Waals surface area contributed by atoms with Crippen molar-refractivity contribution in [1.29, 1.82) is 0 Å². The number of hydrogen-bond donors (Lipinski definition) is 0. The van der Waals surface area contributed by atoms with Crippen LogP contribution in [0.4, 0.5) is 0 Å². The van der Waals surface area contributed by atoms with Crippen molar-refractivity contribution in [3.63, 3.8) is 0 Å². The van der Waals surface area contributed by atoms with Gasteiger partial charge in [0.05, 0.1) is 17.2 Å². The predicted octanol–water partition coefficient (Wildman–Crippen LogP) is 2.07. The first kappa shape index (κ1) is 17.2. The quantitative estimate of drug-likeness (QED) is 0.826. The highest BCUT2D eigenvalue weighted by Crippen LogP contribution is 2.39. The van der Waals surface area contributed by atoms with Gasteiger partial charge in [-0.15, -0.1) is 0 Å². The van der Waals surface area contributed by atoms with Gasteiger partial charge in [-0.3, -0.25) is 0 Å². The Kier molecular flexibility index (Phi) is 4.73. The normalized spacial score (nSPS) is 24.8. The standard InChI is InChI=1S/C16H23ClN2O3S/c1-18(2)9-13-7-8-16(22-10-13)11-19(12-16)23(20,21)15-6-4-3-5-14(15)17/h3-6,13H,7-12H2,1-2H3/t13-/m1/s1. The third-order valence-corrected chi connectivity index (χ3v) is 6.93. The predicted molar refractivity (Wildman–Crippen MR) is 90.2 cm³/mol. The Morgan fingerprint density at radius 3 is 2.61 bits per heavy atom. The second-order valence-electron chi connectivity index (χ2n) is 6.86. The molecule has 0 radical (unpaired) electrons. The van der Waals surface area contributed by atoms with Crippen LogP contribution in [0.1, 0.15) is 12.8 Å². The van der Waals surface area contributed by atoms with E-state index >= 15 is 0 Å². The summed E-state index contributed by atoms with van der Waals surface area (Å²) < 4.78 is 32.8. The van der Waals surface area contributed by atoms with Gasteiger partial charge in [0.1, 0.15) is 4.90 Å². The van der Waals surface area contributed by atoms with Crippen molar-refractivity contribution in [2.24, 2.45) is 5.92 Å². The molecule has 0 bridgehead atoms. The summed E-state index contributed by atoms with van der Waals surface area (Å²) in [5.41, 5.74) is -0.295. The molecule has 0 N–H and O–H groups in total. The highest BCUT2D eigenvalue weighted by molar-refractivity contribution is 7.89. The van der Waals surface area contributed by atoms with Gasteiger partial charge >= 0.3 is 0 Å².